The van der Waals surface area contributed by atoms with Crippen LogP contribution in [0, 0.1) is 6.92 Å². The third-order valence-corrected chi connectivity index (χ3v) is 15.2. The van der Waals surface area contributed by atoms with Gasteiger partial charge in [0.25, 0.3) is 11.8 Å². The number of thioether (sulfide) groups is 1. The average Bonchev–Trinajstić information content (AvgIpc) is 4.02. The summed E-state index contributed by atoms with van der Waals surface area (Å²) in [5.41, 5.74) is 3.63. The highest BCUT2D eigenvalue weighted by Crippen LogP contribution is 2.42. The smallest absolute Gasteiger partial charge is 0.356 e. The van der Waals surface area contributed by atoms with Crippen LogP contribution in [0.2, 0.25) is 0 Å². The van der Waals surface area contributed by atoms with Crippen molar-refractivity contribution in [1.82, 2.24) is 25.4 Å². The Morgan fingerprint density at radius 3 is 1.93 bits per heavy atom. The topological polar surface area (TPSA) is 165 Å². The number of nitrogens with zero attached hydrogens (tertiary/aromatic N) is 5. The average molecular weight is 964 g/mol. The van der Waals surface area contributed by atoms with E-state index in [1.54, 1.807) is 16.9 Å². The SMILES string of the molecule is CO/N=C(/C(=O)NC1C(=O)N2C(C(=O)OC(c3ccccc3)c3ccccc3)=C(/C=C/Sc3nnc(C)s3)CS(=O)C12)c1csc(NC(c2ccccc2)(c2ccccc2)c2ccccc2)n1. The molecule has 13 nitrogen and oxygen atoms in total. The Morgan fingerprint density at radius 2 is 1.40 bits per heavy atom. The van der Waals surface area contributed by atoms with Crippen LogP contribution in [-0.4, -0.2) is 72.1 Å². The number of esters is 1. The number of nitrogens with one attached hydrogen (secondary N) is 2. The number of ether oxygens (including phenoxy) is 1. The van der Waals surface area contributed by atoms with Gasteiger partial charge in [-0.2, -0.15) is 0 Å². The number of rotatable bonds is 16. The zero-order valence-electron chi connectivity index (χ0n) is 35.9. The Labute approximate surface area is 401 Å². The lowest BCUT2D eigenvalue weighted by atomic mass is 9.77. The van der Waals surface area contributed by atoms with Crippen LogP contribution in [0.1, 0.15) is 44.6 Å². The molecule has 0 radical (unpaired) electrons. The Morgan fingerprint density at radius 1 is 0.851 bits per heavy atom. The van der Waals surface area contributed by atoms with E-state index in [4.69, 9.17) is 14.6 Å². The van der Waals surface area contributed by atoms with E-state index in [0.29, 0.717) is 26.2 Å². The van der Waals surface area contributed by atoms with E-state index in [-0.39, 0.29) is 22.9 Å². The number of carbonyl (C=O) groups is 3. The Bertz CT molecular complexity index is 2870. The maximum absolute atomic E-state index is 14.6. The summed E-state index contributed by atoms with van der Waals surface area (Å²) in [7, 11) is -0.468. The highest BCUT2D eigenvalue weighted by Gasteiger charge is 2.57. The summed E-state index contributed by atoms with van der Waals surface area (Å²) >= 11 is 3.94. The van der Waals surface area contributed by atoms with E-state index in [2.05, 4.69) is 26.0 Å². The number of hydrogen-bond acceptors (Lipinski definition) is 14. The van der Waals surface area contributed by atoms with Gasteiger partial charge in [0.2, 0.25) is 0 Å². The fraction of sp³-hybridized carbons (Fsp3) is 0.140. The number of fused-ring (bicyclic) bond motifs is 1. The van der Waals surface area contributed by atoms with E-state index in [9.17, 15) is 18.6 Å². The van der Waals surface area contributed by atoms with E-state index in [1.807, 2.05) is 159 Å². The standard InChI is InChI=1S/C50H41N7O6S4/c1-32-54-55-49(66-32)64-29-28-35-31-67(61)46-41(45(59)57(46)42(35)47(60)63-43(33-18-8-3-9-19-33)34-20-10-4-11-21-34)52-44(58)40(56-62-2)39-30-65-48(51-39)53-50(36-22-12-5-13-23-36,37-24-14-6-15-25-37)38-26-16-7-17-27-38/h3-30,41,43,46H,31H2,1-2H3,(H,51,53)(H,52,58)/b29-28+,56-40+. The van der Waals surface area contributed by atoms with Crippen molar-refractivity contribution in [3.05, 3.63) is 218 Å². The lowest BCUT2D eigenvalue weighted by Crippen LogP contribution is -2.74. The van der Waals surface area contributed by atoms with Crippen molar-refractivity contribution in [3.63, 3.8) is 0 Å². The van der Waals surface area contributed by atoms with Gasteiger partial charge in [-0.3, -0.25) is 18.7 Å². The van der Waals surface area contributed by atoms with Gasteiger partial charge in [-0.15, -0.1) is 21.5 Å². The monoisotopic (exact) mass is 963 g/mol. The molecule has 3 unspecified atom stereocenters. The molecule has 2 amide bonds. The molecule has 2 aliphatic rings. The first-order valence-electron chi connectivity index (χ1n) is 21.0. The predicted octanol–water partition coefficient (Wildman–Crippen LogP) is 8.37. The number of allylic oxidation sites excluding steroid dienone is 1. The van der Waals surface area contributed by atoms with E-state index >= 15 is 0 Å². The maximum Gasteiger partial charge on any atom is 0.356 e. The Hall–Kier alpha value is -7.05. The van der Waals surface area contributed by atoms with Crippen LogP contribution in [0.3, 0.4) is 0 Å². The summed E-state index contributed by atoms with van der Waals surface area (Å²) in [6.45, 7) is 1.85. The molecule has 3 atom stereocenters. The molecule has 0 aliphatic carbocycles. The van der Waals surface area contributed by atoms with Crippen LogP contribution in [0.15, 0.2) is 189 Å². The number of benzene rings is 5. The quantitative estimate of drug-likeness (QED) is 0.0239. The van der Waals surface area contributed by atoms with Gasteiger partial charge in [-0.1, -0.05) is 180 Å². The molecule has 4 heterocycles. The van der Waals surface area contributed by atoms with Gasteiger partial charge in [0, 0.05) is 5.38 Å². The first-order valence-corrected chi connectivity index (χ1v) is 24.9. The van der Waals surface area contributed by atoms with E-state index in [1.165, 1.54) is 46.4 Å². The van der Waals surface area contributed by atoms with Crippen molar-refractivity contribution >= 4 is 73.9 Å². The number of β-lactam (4-membered cyclic amide) rings is 1. The van der Waals surface area contributed by atoms with Crippen LogP contribution in [0.25, 0.3) is 0 Å². The van der Waals surface area contributed by atoms with Crippen molar-refractivity contribution in [2.45, 2.75) is 34.3 Å². The van der Waals surface area contributed by atoms with Gasteiger partial charge in [-0.05, 0) is 51.8 Å². The van der Waals surface area contributed by atoms with Gasteiger partial charge in [0.05, 0.1) is 16.6 Å². The Balaban J connectivity index is 1.00. The van der Waals surface area contributed by atoms with Gasteiger partial charge < -0.3 is 20.2 Å². The second kappa shape index (κ2) is 20.2. The molecule has 2 N–H and O–H groups in total. The largest absolute Gasteiger partial charge is 0.448 e. The lowest BCUT2D eigenvalue weighted by molar-refractivity contribution is -0.154. The van der Waals surface area contributed by atoms with E-state index < -0.39 is 51.6 Å². The number of amides is 2. The summed E-state index contributed by atoms with van der Waals surface area (Å²) in [5.74, 6) is -2.34. The van der Waals surface area contributed by atoms with Crippen molar-refractivity contribution in [1.29, 1.82) is 0 Å². The molecule has 1 saturated heterocycles. The first kappa shape index (κ1) is 45.1. The number of carbonyl (C=O) groups excluding carboxylic acids is 3. The highest BCUT2D eigenvalue weighted by atomic mass is 32.2. The number of aromatic nitrogens is 3. The number of thiazole rings is 1. The Kier molecular flexibility index (Phi) is 13.6. The van der Waals surface area contributed by atoms with Gasteiger partial charge >= 0.3 is 5.97 Å². The molecular weight excluding hydrogens is 923 g/mol. The van der Waals surface area contributed by atoms with Crippen molar-refractivity contribution in [3.8, 4) is 0 Å². The minimum atomic E-state index is -1.77. The van der Waals surface area contributed by atoms with Crippen molar-refractivity contribution in [2.75, 3.05) is 18.2 Å². The van der Waals surface area contributed by atoms with Crippen LogP contribution >= 0.6 is 34.4 Å². The summed E-state index contributed by atoms with van der Waals surface area (Å²) in [6, 6.07) is 47.3. The molecule has 67 heavy (non-hydrogen) atoms. The molecule has 336 valence electrons. The second-order valence-corrected chi connectivity index (χ2v) is 19.9. The van der Waals surface area contributed by atoms with Crippen LogP contribution in [-0.2, 0) is 40.3 Å². The number of aryl methyl sites for hydroxylation is 1. The first-order chi connectivity index (χ1) is 32.7. The van der Waals surface area contributed by atoms with Crippen molar-refractivity contribution < 1.29 is 28.2 Å². The number of anilines is 1. The minimum Gasteiger partial charge on any atom is -0.448 e. The third kappa shape index (κ3) is 9.36. The molecule has 0 bridgehead atoms. The number of oxime groups is 1. The molecule has 9 rings (SSSR count). The fourth-order valence-electron chi connectivity index (χ4n) is 8.06. The van der Waals surface area contributed by atoms with Crippen LogP contribution < -0.4 is 10.6 Å². The van der Waals surface area contributed by atoms with Crippen molar-refractivity contribution in [2.24, 2.45) is 5.16 Å². The van der Waals surface area contributed by atoms with Crippen LogP contribution in [0.4, 0.5) is 5.13 Å². The molecule has 17 heteroatoms. The fourth-order valence-corrected chi connectivity index (χ4v) is 12.0. The maximum atomic E-state index is 14.6. The molecular formula is C50H41N7O6S4. The zero-order chi connectivity index (χ0) is 46.3. The second-order valence-electron chi connectivity index (χ2n) is 15.2. The van der Waals surface area contributed by atoms with Crippen LogP contribution in [0.5, 0.6) is 0 Å². The van der Waals surface area contributed by atoms with Gasteiger partial charge in [-0.25, -0.2) is 9.78 Å². The summed E-state index contributed by atoms with van der Waals surface area (Å²) in [6.07, 6.45) is 0.817. The molecule has 0 saturated carbocycles. The highest BCUT2D eigenvalue weighted by molar-refractivity contribution is 8.03. The molecule has 7 aromatic rings. The summed E-state index contributed by atoms with van der Waals surface area (Å²) < 4.78 is 21.1. The minimum absolute atomic E-state index is 0.0676. The molecule has 0 spiro atoms. The van der Waals surface area contributed by atoms with Gasteiger partial charge in [0.15, 0.2) is 21.3 Å². The summed E-state index contributed by atoms with van der Waals surface area (Å²) in [4.78, 5) is 54.3. The normalized spacial score (nSPS) is 17.2. The molecule has 5 aromatic carbocycles. The van der Waals surface area contributed by atoms with Gasteiger partial charge in [0.1, 0.15) is 40.5 Å². The molecule has 2 aliphatic heterocycles. The number of hydrogen-bond donors (Lipinski definition) is 2. The summed E-state index contributed by atoms with van der Waals surface area (Å²) in [5, 5.41) is 22.3. The molecule has 1 fully saturated rings. The van der Waals surface area contributed by atoms with E-state index in [0.717, 1.165) is 21.7 Å². The lowest BCUT2D eigenvalue weighted by Gasteiger charge is -2.49. The molecule has 2 aromatic heterocycles. The third-order valence-electron chi connectivity index (χ3n) is 11.1. The zero-order valence-corrected chi connectivity index (χ0v) is 39.2. The predicted molar refractivity (Wildman–Crippen MR) is 262 cm³/mol.